The molecular formula is C14H15ClN2O2. The van der Waals surface area contributed by atoms with Crippen molar-refractivity contribution >= 4 is 17.5 Å². The van der Waals surface area contributed by atoms with Crippen LogP contribution in [0.4, 0.5) is 0 Å². The molecule has 0 aliphatic rings. The number of aromatic nitrogens is 1. The van der Waals surface area contributed by atoms with E-state index in [2.05, 4.69) is 10.3 Å². The Hall–Kier alpha value is -1.81. The van der Waals surface area contributed by atoms with Gasteiger partial charge in [0, 0.05) is 18.7 Å². The van der Waals surface area contributed by atoms with Gasteiger partial charge in [-0.3, -0.25) is 4.79 Å². The predicted molar refractivity (Wildman–Crippen MR) is 73.2 cm³/mol. The number of hydrogen-bond acceptors (Lipinski definition) is 3. The minimum absolute atomic E-state index is 0.0632. The van der Waals surface area contributed by atoms with Crippen molar-refractivity contribution in [2.24, 2.45) is 0 Å². The molecule has 2 aromatic rings. The van der Waals surface area contributed by atoms with E-state index in [0.717, 1.165) is 18.6 Å². The summed E-state index contributed by atoms with van der Waals surface area (Å²) in [6.45, 7) is 1.96. The summed E-state index contributed by atoms with van der Waals surface area (Å²) in [6, 6.07) is 7.11. The Morgan fingerprint density at radius 3 is 2.95 bits per heavy atom. The van der Waals surface area contributed by atoms with Crippen LogP contribution in [0.15, 0.2) is 41.1 Å². The maximum absolute atomic E-state index is 11.9. The third kappa shape index (κ3) is 4.10. The number of amides is 1. The molecule has 5 heteroatoms. The molecule has 0 saturated heterocycles. The van der Waals surface area contributed by atoms with E-state index in [4.69, 9.17) is 16.0 Å². The highest BCUT2D eigenvalue weighted by atomic mass is 35.5. The van der Waals surface area contributed by atoms with Crippen LogP contribution in [0.2, 0.25) is 5.15 Å². The van der Waals surface area contributed by atoms with E-state index >= 15 is 0 Å². The van der Waals surface area contributed by atoms with E-state index in [-0.39, 0.29) is 11.9 Å². The molecule has 2 aromatic heterocycles. The molecule has 0 aliphatic carbocycles. The monoisotopic (exact) mass is 278 g/mol. The van der Waals surface area contributed by atoms with E-state index in [1.54, 1.807) is 18.4 Å². The highest BCUT2D eigenvalue weighted by Crippen LogP contribution is 2.08. The normalized spacial score (nSPS) is 12.1. The van der Waals surface area contributed by atoms with Gasteiger partial charge in [-0.1, -0.05) is 11.6 Å². The zero-order chi connectivity index (χ0) is 13.7. The van der Waals surface area contributed by atoms with Crippen molar-refractivity contribution in [1.29, 1.82) is 0 Å². The fourth-order valence-electron chi connectivity index (χ4n) is 1.70. The van der Waals surface area contributed by atoms with Crippen LogP contribution in [0.25, 0.3) is 0 Å². The van der Waals surface area contributed by atoms with Crippen LogP contribution in [-0.4, -0.2) is 16.9 Å². The van der Waals surface area contributed by atoms with Crippen LogP contribution >= 0.6 is 11.6 Å². The molecule has 0 fully saturated rings. The Morgan fingerprint density at radius 2 is 2.32 bits per heavy atom. The number of nitrogens with zero attached hydrogens (tertiary/aromatic N) is 1. The lowest BCUT2D eigenvalue weighted by Gasteiger charge is -2.13. The molecule has 0 aliphatic heterocycles. The second kappa shape index (κ2) is 6.38. The molecule has 0 radical (unpaired) electrons. The van der Waals surface area contributed by atoms with Gasteiger partial charge in [0.25, 0.3) is 5.91 Å². The number of aryl methyl sites for hydroxylation is 1. The largest absolute Gasteiger partial charge is 0.469 e. The first kappa shape index (κ1) is 13.6. The second-order valence-corrected chi connectivity index (χ2v) is 4.75. The summed E-state index contributed by atoms with van der Waals surface area (Å²) < 4.78 is 5.25. The predicted octanol–water partition coefficient (Wildman–Crippen LogP) is 3.08. The lowest BCUT2D eigenvalue weighted by molar-refractivity contribution is 0.0937. The van der Waals surface area contributed by atoms with Gasteiger partial charge < -0.3 is 9.73 Å². The van der Waals surface area contributed by atoms with Crippen molar-refractivity contribution in [3.63, 3.8) is 0 Å². The van der Waals surface area contributed by atoms with Crippen LogP contribution < -0.4 is 5.32 Å². The Labute approximate surface area is 116 Å². The Balaban J connectivity index is 1.83. The number of hydrogen-bond donors (Lipinski definition) is 1. The topological polar surface area (TPSA) is 55.1 Å². The van der Waals surface area contributed by atoms with E-state index in [9.17, 15) is 4.79 Å². The summed E-state index contributed by atoms with van der Waals surface area (Å²) in [5.41, 5.74) is 0.509. The van der Waals surface area contributed by atoms with Gasteiger partial charge in [0.05, 0.1) is 11.8 Å². The number of carbonyl (C=O) groups excluding carboxylic acids is 1. The molecular weight excluding hydrogens is 264 g/mol. The summed E-state index contributed by atoms with van der Waals surface area (Å²) in [4.78, 5) is 15.8. The number of halogens is 1. The Morgan fingerprint density at radius 1 is 1.47 bits per heavy atom. The summed E-state index contributed by atoms with van der Waals surface area (Å²) in [7, 11) is 0. The number of rotatable bonds is 5. The minimum atomic E-state index is -0.142. The smallest absolute Gasteiger partial charge is 0.253 e. The second-order valence-electron chi connectivity index (χ2n) is 4.36. The average Bonchev–Trinajstić information content (AvgIpc) is 2.90. The molecule has 0 spiro atoms. The maximum atomic E-state index is 11.9. The highest BCUT2D eigenvalue weighted by Gasteiger charge is 2.10. The molecule has 1 N–H and O–H groups in total. The van der Waals surface area contributed by atoms with E-state index < -0.39 is 0 Å². The molecule has 0 aromatic carbocycles. The van der Waals surface area contributed by atoms with Crippen LogP contribution in [-0.2, 0) is 6.42 Å². The molecule has 1 amide bonds. The van der Waals surface area contributed by atoms with Crippen molar-refractivity contribution in [1.82, 2.24) is 10.3 Å². The summed E-state index contributed by atoms with van der Waals surface area (Å²) in [5.74, 6) is 0.783. The molecule has 0 saturated carbocycles. The Bertz CT molecular complexity index is 523. The quantitative estimate of drug-likeness (QED) is 0.855. The van der Waals surface area contributed by atoms with Gasteiger partial charge in [-0.15, -0.1) is 0 Å². The van der Waals surface area contributed by atoms with Crippen molar-refractivity contribution in [2.75, 3.05) is 0 Å². The van der Waals surface area contributed by atoms with E-state index in [1.807, 2.05) is 19.1 Å². The van der Waals surface area contributed by atoms with Crippen molar-refractivity contribution < 1.29 is 9.21 Å². The molecule has 2 rings (SSSR count). The van der Waals surface area contributed by atoms with E-state index in [1.165, 1.54) is 6.20 Å². The van der Waals surface area contributed by atoms with Gasteiger partial charge in [-0.2, -0.15) is 0 Å². The molecule has 4 nitrogen and oxygen atoms in total. The summed E-state index contributed by atoms with van der Waals surface area (Å²) in [6.07, 6.45) is 4.74. The standard InChI is InChI=1S/C14H15ClN2O2/c1-10(4-6-12-3-2-8-19-12)17-14(18)11-5-7-13(15)16-9-11/h2-3,5,7-10H,4,6H2,1H3,(H,17,18). The number of pyridine rings is 1. The molecule has 0 bridgehead atoms. The van der Waals surface area contributed by atoms with Gasteiger partial charge in [0.1, 0.15) is 10.9 Å². The zero-order valence-corrected chi connectivity index (χ0v) is 11.4. The first-order valence-electron chi connectivity index (χ1n) is 6.10. The first-order valence-corrected chi connectivity index (χ1v) is 6.48. The SMILES string of the molecule is CC(CCc1ccco1)NC(=O)c1ccc(Cl)nc1. The van der Waals surface area contributed by atoms with Crippen LogP contribution in [0, 0.1) is 0 Å². The zero-order valence-electron chi connectivity index (χ0n) is 10.6. The van der Waals surface area contributed by atoms with Gasteiger partial charge in [-0.05, 0) is 37.6 Å². The Kier molecular flexibility index (Phi) is 4.58. The lowest BCUT2D eigenvalue weighted by Crippen LogP contribution is -2.32. The summed E-state index contributed by atoms with van der Waals surface area (Å²) in [5, 5.41) is 3.29. The third-order valence-electron chi connectivity index (χ3n) is 2.77. The average molecular weight is 279 g/mol. The first-order chi connectivity index (χ1) is 9.15. The van der Waals surface area contributed by atoms with E-state index in [0.29, 0.717) is 10.7 Å². The third-order valence-corrected chi connectivity index (χ3v) is 2.99. The molecule has 2 heterocycles. The number of furan rings is 1. The molecule has 100 valence electrons. The lowest BCUT2D eigenvalue weighted by atomic mass is 10.1. The molecule has 1 unspecified atom stereocenters. The minimum Gasteiger partial charge on any atom is -0.469 e. The van der Waals surface area contributed by atoms with Gasteiger partial charge in [-0.25, -0.2) is 4.98 Å². The molecule has 19 heavy (non-hydrogen) atoms. The van der Waals surface area contributed by atoms with Crippen LogP contribution in [0.1, 0.15) is 29.5 Å². The fraction of sp³-hybridized carbons (Fsp3) is 0.286. The van der Waals surface area contributed by atoms with Gasteiger partial charge >= 0.3 is 0 Å². The van der Waals surface area contributed by atoms with Crippen LogP contribution in [0.3, 0.4) is 0 Å². The molecule has 1 atom stereocenters. The van der Waals surface area contributed by atoms with Crippen molar-refractivity contribution in [2.45, 2.75) is 25.8 Å². The number of nitrogens with one attached hydrogen (secondary N) is 1. The van der Waals surface area contributed by atoms with Gasteiger partial charge in [0.2, 0.25) is 0 Å². The number of carbonyl (C=O) groups is 1. The van der Waals surface area contributed by atoms with Crippen molar-refractivity contribution in [3.8, 4) is 0 Å². The maximum Gasteiger partial charge on any atom is 0.253 e. The van der Waals surface area contributed by atoms with Crippen LogP contribution in [0.5, 0.6) is 0 Å². The van der Waals surface area contributed by atoms with Crippen molar-refractivity contribution in [3.05, 3.63) is 53.2 Å². The highest BCUT2D eigenvalue weighted by molar-refractivity contribution is 6.29. The fourth-order valence-corrected chi connectivity index (χ4v) is 1.81. The summed E-state index contributed by atoms with van der Waals surface area (Å²) >= 11 is 5.68. The van der Waals surface area contributed by atoms with Gasteiger partial charge in [0.15, 0.2) is 0 Å².